The molecule has 0 aliphatic carbocycles. The van der Waals surface area contributed by atoms with E-state index in [9.17, 15) is 0 Å². The zero-order chi connectivity index (χ0) is 13.7. The molecule has 0 saturated carbocycles. The third-order valence-electron chi connectivity index (χ3n) is 3.24. The van der Waals surface area contributed by atoms with Crippen LogP contribution in [0.4, 0.5) is 5.69 Å². The van der Waals surface area contributed by atoms with Gasteiger partial charge in [0.1, 0.15) is 0 Å². The fourth-order valence-electron chi connectivity index (χ4n) is 1.94. The molecule has 2 rings (SSSR count). The van der Waals surface area contributed by atoms with Crippen LogP contribution in [-0.4, -0.2) is 19.1 Å². The van der Waals surface area contributed by atoms with Crippen molar-refractivity contribution in [1.82, 2.24) is 10.3 Å². The molecule has 3 heteroatoms. The van der Waals surface area contributed by atoms with E-state index >= 15 is 0 Å². The van der Waals surface area contributed by atoms with Gasteiger partial charge in [-0.25, -0.2) is 0 Å². The Bertz CT molecular complexity index is 518. The maximum Gasteiger partial charge on any atom is 0.0361 e. The van der Waals surface area contributed by atoms with Crippen LogP contribution in [0, 0.1) is 6.92 Å². The van der Waals surface area contributed by atoms with E-state index in [4.69, 9.17) is 0 Å². The van der Waals surface area contributed by atoms with Gasteiger partial charge < -0.3 is 10.2 Å². The minimum atomic E-state index is 0.856. The fraction of sp³-hybridized carbons (Fsp3) is 0.312. The van der Waals surface area contributed by atoms with E-state index in [-0.39, 0.29) is 0 Å². The van der Waals surface area contributed by atoms with Gasteiger partial charge in [-0.3, -0.25) is 4.98 Å². The fourth-order valence-corrected chi connectivity index (χ4v) is 1.94. The Labute approximate surface area is 115 Å². The maximum absolute atomic E-state index is 4.16. The molecule has 2 aromatic rings. The highest BCUT2D eigenvalue weighted by Crippen LogP contribution is 2.12. The van der Waals surface area contributed by atoms with Crippen LogP contribution < -0.4 is 10.2 Å². The number of nitrogens with one attached hydrogen (secondary N) is 1. The second-order valence-electron chi connectivity index (χ2n) is 4.97. The van der Waals surface area contributed by atoms with Gasteiger partial charge in [0.15, 0.2) is 0 Å². The summed E-state index contributed by atoms with van der Waals surface area (Å²) in [5.41, 5.74) is 5.07. The van der Waals surface area contributed by atoms with Crippen molar-refractivity contribution in [3.05, 3.63) is 59.4 Å². The molecule has 0 aliphatic heterocycles. The highest BCUT2D eigenvalue weighted by molar-refractivity contribution is 5.45. The summed E-state index contributed by atoms with van der Waals surface area (Å²) < 4.78 is 0. The number of nitrogens with zero attached hydrogens (tertiary/aromatic N) is 2. The van der Waals surface area contributed by atoms with Crippen LogP contribution in [0.1, 0.15) is 16.7 Å². The first-order chi connectivity index (χ1) is 9.16. The molecule has 100 valence electrons. The zero-order valence-electron chi connectivity index (χ0n) is 11.9. The molecule has 0 saturated heterocycles. The van der Waals surface area contributed by atoms with E-state index in [0.717, 1.165) is 13.1 Å². The third kappa shape index (κ3) is 3.80. The SMILES string of the molecule is Cc1ccncc1CNCc1ccc(N(C)C)cc1. The molecule has 0 fully saturated rings. The van der Waals surface area contributed by atoms with Crippen LogP contribution in [0.3, 0.4) is 0 Å². The average molecular weight is 255 g/mol. The summed E-state index contributed by atoms with van der Waals surface area (Å²) in [5.74, 6) is 0. The van der Waals surface area contributed by atoms with Crippen LogP contribution in [0.25, 0.3) is 0 Å². The van der Waals surface area contributed by atoms with Crippen LogP contribution in [0.5, 0.6) is 0 Å². The molecule has 19 heavy (non-hydrogen) atoms. The Hall–Kier alpha value is -1.87. The second kappa shape index (κ2) is 6.34. The van der Waals surface area contributed by atoms with Gasteiger partial charge in [-0.2, -0.15) is 0 Å². The van der Waals surface area contributed by atoms with Crippen molar-refractivity contribution in [2.45, 2.75) is 20.0 Å². The molecule has 0 spiro atoms. The molecule has 1 heterocycles. The lowest BCUT2D eigenvalue weighted by Gasteiger charge is -2.13. The van der Waals surface area contributed by atoms with E-state index in [2.05, 4.69) is 60.5 Å². The molecule has 0 unspecified atom stereocenters. The summed E-state index contributed by atoms with van der Waals surface area (Å²) in [6, 6.07) is 10.7. The predicted octanol–water partition coefficient (Wildman–Crippen LogP) is 2.75. The van der Waals surface area contributed by atoms with Gasteiger partial charge in [0.25, 0.3) is 0 Å². The van der Waals surface area contributed by atoms with Crippen LogP contribution in [0.2, 0.25) is 0 Å². The summed E-state index contributed by atoms with van der Waals surface area (Å²) in [5, 5.41) is 3.45. The molecule has 3 nitrogen and oxygen atoms in total. The average Bonchev–Trinajstić information content (AvgIpc) is 2.41. The molecule has 0 bridgehead atoms. The molecule has 0 radical (unpaired) electrons. The topological polar surface area (TPSA) is 28.2 Å². The molecule has 1 aromatic carbocycles. The van der Waals surface area contributed by atoms with Crippen molar-refractivity contribution in [1.29, 1.82) is 0 Å². The number of hydrogen-bond acceptors (Lipinski definition) is 3. The lowest BCUT2D eigenvalue weighted by Crippen LogP contribution is -2.14. The van der Waals surface area contributed by atoms with E-state index < -0.39 is 0 Å². The Morgan fingerprint density at radius 1 is 1.05 bits per heavy atom. The number of aromatic nitrogens is 1. The lowest BCUT2D eigenvalue weighted by atomic mass is 10.1. The summed E-state index contributed by atoms with van der Waals surface area (Å²) >= 11 is 0. The van der Waals surface area contributed by atoms with Gasteiger partial charge in [-0.1, -0.05) is 12.1 Å². The standard InChI is InChI=1S/C16H21N3/c1-13-8-9-17-11-15(13)12-18-10-14-4-6-16(7-5-14)19(2)3/h4-9,11,18H,10,12H2,1-3H3. The monoisotopic (exact) mass is 255 g/mol. The third-order valence-corrected chi connectivity index (χ3v) is 3.24. The molecular formula is C16H21N3. The first kappa shape index (κ1) is 13.6. The first-order valence-electron chi connectivity index (χ1n) is 6.53. The van der Waals surface area contributed by atoms with Crippen molar-refractivity contribution < 1.29 is 0 Å². The van der Waals surface area contributed by atoms with Gasteiger partial charge in [-0.15, -0.1) is 0 Å². The van der Waals surface area contributed by atoms with Crippen LogP contribution >= 0.6 is 0 Å². The van der Waals surface area contributed by atoms with Crippen molar-refractivity contribution in [3.8, 4) is 0 Å². The van der Waals surface area contributed by atoms with E-state index in [0.29, 0.717) is 0 Å². The van der Waals surface area contributed by atoms with E-state index in [1.54, 1.807) is 0 Å². The van der Waals surface area contributed by atoms with E-state index in [1.165, 1.54) is 22.4 Å². The molecule has 0 aliphatic rings. The minimum absolute atomic E-state index is 0.856. The van der Waals surface area contributed by atoms with Gasteiger partial charge >= 0.3 is 0 Å². The van der Waals surface area contributed by atoms with Gasteiger partial charge in [0.2, 0.25) is 0 Å². The van der Waals surface area contributed by atoms with Crippen LogP contribution in [0.15, 0.2) is 42.7 Å². The van der Waals surface area contributed by atoms with Gasteiger partial charge in [-0.05, 0) is 41.8 Å². The Morgan fingerprint density at radius 2 is 1.79 bits per heavy atom. The molecule has 1 aromatic heterocycles. The number of benzene rings is 1. The summed E-state index contributed by atoms with van der Waals surface area (Å²) in [4.78, 5) is 6.26. The highest BCUT2D eigenvalue weighted by atomic mass is 15.1. The van der Waals surface area contributed by atoms with E-state index in [1.807, 2.05) is 18.5 Å². The number of pyridine rings is 1. The molecular weight excluding hydrogens is 234 g/mol. The zero-order valence-corrected chi connectivity index (χ0v) is 11.9. The summed E-state index contributed by atoms with van der Waals surface area (Å²) in [6.45, 7) is 3.85. The Kier molecular flexibility index (Phi) is 4.53. The summed E-state index contributed by atoms with van der Waals surface area (Å²) in [6.07, 6.45) is 3.76. The number of anilines is 1. The molecule has 0 amide bonds. The quantitative estimate of drug-likeness (QED) is 0.890. The Morgan fingerprint density at radius 3 is 2.42 bits per heavy atom. The van der Waals surface area contributed by atoms with Crippen molar-refractivity contribution >= 4 is 5.69 Å². The smallest absolute Gasteiger partial charge is 0.0361 e. The van der Waals surface area contributed by atoms with Crippen LogP contribution in [-0.2, 0) is 13.1 Å². The largest absolute Gasteiger partial charge is 0.378 e. The second-order valence-corrected chi connectivity index (χ2v) is 4.97. The van der Waals surface area contributed by atoms with Crippen molar-refractivity contribution in [2.75, 3.05) is 19.0 Å². The number of hydrogen-bond donors (Lipinski definition) is 1. The number of rotatable bonds is 5. The lowest BCUT2D eigenvalue weighted by molar-refractivity contribution is 0.688. The first-order valence-corrected chi connectivity index (χ1v) is 6.53. The maximum atomic E-state index is 4.16. The summed E-state index contributed by atoms with van der Waals surface area (Å²) in [7, 11) is 4.11. The van der Waals surface area contributed by atoms with Crippen molar-refractivity contribution in [2.24, 2.45) is 0 Å². The minimum Gasteiger partial charge on any atom is -0.378 e. The normalized spacial score (nSPS) is 10.5. The number of aryl methyl sites for hydroxylation is 1. The van der Waals surface area contributed by atoms with Gasteiger partial charge in [0.05, 0.1) is 0 Å². The molecule has 0 atom stereocenters. The highest BCUT2D eigenvalue weighted by Gasteiger charge is 1.99. The Balaban J connectivity index is 1.87. The molecule has 1 N–H and O–H groups in total. The van der Waals surface area contributed by atoms with Crippen molar-refractivity contribution in [3.63, 3.8) is 0 Å². The van der Waals surface area contributed by atoms with Gasteiger partial charge in [0, 0.05) is 45.3 Å². The predicted molar refractivity (Wildman–Crippen MR) is 80.3 cm³/mol.